The van der Waals surface area contributed by atoms with Gasteiger partial charge in [0, 0.05) is 13.2 Å². The maximum Gasteiger partial charge on any atom is 0.339 e. The molecule has 1 amide bonds. The van der Waals surface area contributed by atoms with E-state index in [0.717, 1.165) is 0 Å². The summed E-state index contributed by atoms with van der Waals surface area (Å²) in [5.74, 6) is -0.691. The Morgan fingerprint density at radius 1 is 1.53 bits per heavy atom. The SMILES string of the molecule is Cc1oc(CNC(=O)c2ccn(C)n2)cc1C(=O)O. The summed E-state index contributed by atoms with van der Waals surface area (Å²) in [6.45, 7) is 1.68. The molecule has 0 fully saturated rings. The van der Waals surface area contributed by atoms with Crippen LogP contribution in [0.5, 0.6) is 0 Å². The number of nitrogens with one attached hydrogen (secondary N) is 1. The van der Waals surface area contributed by atoms with Crippen LogP contribution in [0.15, 0.2) is 22.7 Å². The number of aromatic nitrogens is 2. The Kier molecular flexibility index (Phi) is 3.37. The van der Waals surface area contributed by atoms with E-state index >= 15 is 0 Å². The topological polar surface area (TPSA) is 97.4 Å². The van der Waals surface area contributed by atoms with Crippen molar-refractivity contribution in [3.63, 3.8) is 0 Å². The zero-order valence-corrected chi connectivity index (χ0v) is 10.5. The minimum Gasteiger partial charge on any atom is -0.478 e. The Hall–Kier alpha value is -2.57. The van der Waals surface area contributed by atoms with Crippen LogP contribution in [0.2, 0.25) is 0 Å². The molecular weight excluding hydrogens is 250 g/mol. The summed E-state index contributed by atoms with van der Waals surface area (Å²) in [7, 11) is 1.71. The Bertz CT molecular complexity index is 627. The number of nitrogens with zero attached hydrogens (tertiary/aromatic N) is 2. The largest absolute Gasteiger partial charge is 0.478 e. The summed E-state index contributed by atoms with van der Waals surface area (Å²) in [5.41, 5.74) is 0.395. The molecule has 0 radical (unpaired) electrons. The van der Waals surface area contributed by atoms with Crippen LogP contribution in [0.4, 0.5) is 0 Å². The number of carbonyl (C=O) groups excluding carboxylic acids is 1. The fourth-order valence-electron chi connectivity index (χ4n) is 1.64. The molecule has 0 unspecified atom stereocenters. The van der Waals surface area contributed by atoms with E-state index < -0.39 is 5.97 Å². The molecule has 2 aromatic rings. The predicted octanol–water partition coefficient (Wildman–Crippen LogP) is 0.950. The van der Waals surface area contributed by atoms with Gasteiger partial charge in [-0.15, -0.1) is 0 Å². The number of carboxylic acid groups (broad SMARTS) is 1. The fraction of sp³-hybridized carbons (Fsp3) is 0.250. The highest BCUT2D eigenvalue weighted by Gasteiger charge is 2.15. The summed E-state index contributed by atoms with van der Waals surface area (Å²) < 4.78 is 6.77. The lowest BCUT2D eigenvalue weighted by Gasteiger charge is -1.99. The quantitative estimate of drug-likeness (QED) is 0.855. The molecule has 2 N–H and O–H groups in total. The van der Waals surface area contributed by atoms with Crippen LogP contribution in [0.3, 0.4) is 0 Å². The van der Waals surface area contributed by atoms with Crippen LogP contribution in [0, 0.1) is 6.92 Å². The van der Waals surface area contributed by atoms with Gasteiger partial charge in [0.25, 0.3) is 5.91 Å². The first-order valence-corrected chi connectivity index (χ1v) is 5.58. The van der Waals surface area contributed by atoms with Gasteiger partial charge < -0.3 is 14.8 Å². The zero-order valence-electron chi connectivity index (χ0n) is 10.5. The van der Waals surface area contributed by atoms with Gasteiger partial charge in [0.1, 0.15) is 22.8 Å². The van der Waals surface area contributed by atoms with Crippen LogP contribution in [-0.2, 0) is 13.6 Å². The molecule has 2 heterocycles. The van der Waals surface area contributed by atoms with Gasteiger partial charge in [0.15, 0.2) is 0 Å². The number of hydrogen-bond donors (Lipinski definition) is 2. The third kappa shape index (κ3) is 2.82. The van der Waals surface area contributed by atoms with E-state index in [9.17, 15) is 9.59 Å². The van der Waals surface area contributed by atoms with Gasteiger partial charge in [-0.05, 0) is 19.1 Å². The van der Waals surface area contributed by atoms with E-state index in [2.05, 4.69) is 10.4 Å². The second kappa shape index (κ2) is 4.97. The van der Waals surface area contributed by atoms with Crippen LogP contribution >= 0.6 is 0 Å². The second-order valence-corrected chi connectivity index (χ2v) is 4.05. The van der Waals surface area contributed by atoms with E-state index in [4.69, 9.17) is 9.52 Å². The molecule has 0 spiro atoms. The molecule has 2 rings (SSSR count). The summed E-state index contributed by atoms with van der Waals surface area (Å²) in [4.78, 5) is 22.5. The van der Waals surface area contributed by atoms with Gasteiger partial charge in [-0.1, -0.05) is 0 Å². The highest BCUT2D eigenvalue weighted by atomic mass is 16.4. The van der Waals surface area contributed by atoms with Gasteiger partial charge in [-0.25, -0.2) is 4.79 Å². The van der Waals surface area contributed by atoms with Crippen LogP contribution < -0.4 is 5.32 Å². The third-order valence-electron chi connectivity index (χ3n) is 2.57. The zero-order chi connectivity index (χ0) is 14.0. The molecule has 0 aromatic carbocycles. The summed E-state index contributed by atoms with van der Waals surface area (Å²) in [5, 5.41) is 15.4. The number of aromatic carboxylic acids is 1. The first-order chi connectivity index (χ1) is 8.97. The van der Waals surface area contributed by atoms with Gasteiger partial charge in [-0.2, -0.15) is 5.10 Å². The second-order valence-electron chi connectivity index (χ2n) is 4.05. The van der Waals surface area contributed by atoms with E-state index in [0.29, 0.717) is 17.2 Å². The van der Waals surface area contributed by atoms with Crippen molar-refractivity contribution in [2.24, 2.45) is 7.05 Å². The number of carbonyl (C=O) groups is 2. The van der Waals surface area contributed by atoms with Gasteiger partial charge in [0.05, 0.1) is 6.54 Å². The smallest absolute Gasteiger partial charge is 0.339 e. The first-order valence-electron chi connectivity index (χ1n) is 5.58. The van der Waals surface area contributed by atoms with Gasteiger partial charge in [0.2, 0.25) is 0 Å². The number of amides is 1. The van der Waals surface area contributed by atoms with Crippen molar-refractivity contribution in [1.29, 1.82) is 0 Å². The molecule has 0 aliphatic heterocycles. The van der Waals surface area contributed by atoms with Crippen LogP contribution in [0.1, 0.15) is 32.4 Å². The summed E-state index contributed by atoms with van der Waals surface area (Å²) in [6.07, 6.45) is 1.66. The van der Waals surface area contributed by atoms with Crippen LogP contribution in [0.25, 0.3) is 0 Å². The lowest BCUT2D eigenvalue weighted by Crippen LogP contribution is -2.23. The van der Waals surface area contributed by atoms with Crippen molar-refractivity contribution >= 4 is 11.9 Å². The monoisotopic (exact) mass is 263 g/mol. The van der Waals surface area contributed by atoms with E-state index in [1.807, 2.05) is 0 Å². The molecule has 0 aliphatic rings. The number of carboxylic acids is 1. The molecule has 2 aromatic heterocycles. The van der Waals surface area contributed by atoms with Crippen molar-refractivity contribution in [3.05, 3.63) is 41.1 Å². The molecule has 100 valence electrons. The third-order valence-corrected chi connectivity index (χ3v) is 2.57. The van der Waals surface area contributed by atoms with E-state index in [-0.39, 0.29) is 18.0 Å². The van der Waals surface area contributed by atoms with Crippen molar-refractivity contribution in [1.82, 2.24) is 15.1 Å². The van der Waals surface area contributed by atoms with Crippen molar-refractivity contribution in [2.45, 2.75) is 13.5 Å². The van der Waals surface area contributed by atoms with E-state index in [1.54, 1.807) is 26.2 Å². The lowest BCUT2D eigenvalue weighted by molar-refractivity contribution is 0.0694. The molecule has 7 nitrogen and oxygen atoms in total. The maximum absolute atomic E-state index is 11.7. The Morgan fingerprint density at radius 2 is 2.26 bits per heavy atom. The minimum absolute atomic E-state index is 0.0992. The number of furan rings is 1. The molecule has 0 aliphatic carbocycles. The predicted molar refractivity (Wildman–Crippen MR) is 64.8 cm³/mol. The molecule has 7 heteroatoms. The lowest BCUT2D eigenvalue weighted by atomic mass is 10.2. The maximum atomic E-state index is 11.7. The highest BCUT2D eigenvalue weighted by molar-refractivity contribution is 5.92. The van der Waals surface area contributed by atoms with Gasteiger partial charge in [-0.3, -0.25) is 9.48 Å². The number of aryl methyl sites for hydroxylation is 2. The molecule has 0 saturated heterocycles. The fourth-order valence-corrected chi connectivity index (χ4v) is 1.64. The van der Waals surface area contributed by atoms with Crippen molar-refractivity contribution < 1.29 is 19.1 Å². The number of rotatable bonds is 4. The van der Waals surface area contributed by atoms with Crippen molar-refractivity contribution in [2.75, 3.05) is 0 Å². The van der Waals surface area contributed by atoms with Gasteiger partial charge >= 0.3 is 5.97 Å². The average Bonchev–Trinajstić information content (AvgIpc) is 2.92. The number of hydrogen-bond acceptors (Lipinski definition) is 4. The normalized spacial score (nSPS) is 10.4. The molecule has 0 saturated carbocycles. The van der Waals surface area contributed by atoms with Crippen LogP contribution in [-0.4, -0.2) is 26.8 Å². The standard InChI is InChI=1S/C12H13N3O4/c1-7-9(12(17)18)5-8(19-7)6-13-11(16)10-3-4-15(2)14-10/h3-5H,6H2,1-2H3,(H,13,16)(H,17,18). The van der Waals surface area contributed by atoms with Crippen molar-refractivity contribution in [3.8, 4) is 0 Å². The minimum atomic E-state index is -1.05. The molecule has 0 atom stereocenters. The first kappa shape index (κ1) is 12.9. The van der Waals surface area contributed by atoms with E-state index in [1.165, 1.54) is 10.7 Å². The Labute approximate surface area is 108 Å². The highest BCUT2D eigenvalue weighted by Crippen LogP contribution is 2.14. The molecule has 19 heavy (non-hydrogen) atoms. The molecule has 0 bridgehead atoms. The molecular formula is C12H13N3O4. The summed E-state index contributed by atoms with van der Waals surface area (Å²) in [6, 6.07) is 2.99. The summed E-state index contributed by atoms with van der Waals surface area (Å²) >= 11 is 0. The Balaban J connectivity index is 2.01. The average molecular weight is 263 g/mol. The Morgan fingerprint density at radius 3 is 2.79 bits per heavy atom.